The number of nitrogens with zero attached hydrogens (tertiary/aromatic N) is 3. The first-order chi connectivity index (χ1) is 14.6. The quantitative estimate of drug-likeness (QED) is 0.555. The Morgan fingerprint density at radius 3 is 2.87 bits per heavy atom. The molecule has 30 heavy (non-hydrogen) atoms. The van der Waals surface area contributed by atoms with Gasteiger partial charge in [0.1, 0.15) is 5.82 Å². The smallest absolute Gasteiger partial charge is 0.226 e. The van der Waals surface area contributed by atoms with E-state index < -0.39 is 0 Å². The minimum atomic E-state index is -0.0797. The molecule has 0 bridgehead atoms. The third-order valence-corrected chi connectivity index (χ3v) is 5.46. The standard InChI is InChI=1S/C22H28N6O2/c1-30-12-11-22(29)26-18-4-2-3-15(13-18)19-14-24-21-10-9-20(27-28(19)21)25-17-7-5-16(23)6-8-17/h2-4,9-10,13-14,16-17H,5-8,11-12,23H2,1H3,(H,25,27)(H,26,29). The lowest BCUT2D eigenvalue weighted by atomic mass is 9.92. The molecule has 1 fully saturated rings. The first kappa shape index (κ1) is 20.3. The van der Waals surface area contributed by atoms with E-state index >= 15 is 0 Å². The minimum Gasteiger partial charge on any atom is -0.384 e. The lowest BCUT2D eigenvalue weighted by molar-refractivity contribution is -0.117. The number of carbonyl (C=O) groups is 1. The van der Waals surface area contributed by atoms with Gasteiger partial charge in [-0.15, -0.1) is 5.10 Å². The van der Waals surface area contributed by atoms with E-state index in [0.717, 1.165) is 54.1 Å². The van der Waals surface area contributed by atoms with E-state index in [-0.39, 0.29) is 5.91 Å². The summed E-state index contributed by atoms with van der Waals surface area (Å²) in [5, 5.41) is 11.2. The number of benzene rings is 1. The number of hydrogen-bond donors (Lipinski definition) is 3. The van der Waals surface area contributed by atoms with Crippen molar-refractivity contribution < 1.29 is 9.53 Å². The van der Waals surface area contributed by atoms with Crippen LogP contribution in [0.1, 0.15) is 32.1 Å². The average molecular weight is 409 g/mol. The minimum absolute atomic E-state index is 0.0797. The van der Waals surface area contributed by atoms with E-state index in [1.165, 1.54) is 0 Å². The van der Waals surface area contributed by atoms with Crippen LogP contribution in [0.5, 0.6) is 0 Å². The zero-order valence-electron chi connectivity index (χ0n) is 17.2. The Morgan fingerprint density at radius 2 is 2.07 bits per heavy atom. The fraction of sp³-hybridized carbons (Fsp3) is 0.409. The molecule has 8 nitrogen and oxygen atoms in total. The SMILES string of the molecule is COCCC(=O)Nc1cccc(-c2cnc3ccc(NC4CCC(N)CC4)nn23)c1. The van der Waals surface area contributed by atoms with Crippen LogP contribution in [0.3, 0.4) is 0 Å². The number of amides is 1. The molecular weight excluding hydrogens is 380 g/mol. The first-order valence-corrected chi connectivity index (χ1v) is 10.4. The predicted molar refractivity (Wildman–Crippen MR) is 117 cm³/mol. The second-order valence-corrected chi connectivity index (χ2v) is 7.76. The Balaban J connectivity index is 1.54. The van der Waals surface area contributed by atoms with Crippen LogP contribution in [0.25, 0.3) is 16.9 Å². The molecule has 1 aromatic carbocycles. The zero-order valence-corrected chi connectivity index (χ0v) is 17.2. The van der Waals surface area contributed by atoms with Crippen LogP contribution in [0.4, 0.5) is 11.5 Å². The Bertz CT molecular complexity index is 1010. The topological polar surface area (TPSA) is 107 Å². The van der Waals surface area contributed by atoms with Gasteiger partial charge in [-0.2, -0.15) is 0 Å². The lowest BCUT2D eigenvalue weighted by Gasteiger charge is -2.27. The number of anilines is 2. The van der Waals surface area contributed by atoms with Gasteiger partial charge < -0.3 is 21.1 Å². The van der Waals surface area contributed by atoms with Gasteiger partial charge in [0.15, 0.2) is 5.65 Å². The van der Waals surface area contributed by atoms with Gasteiger partial charge >= 0.3 is 0 Å². The number of methoxy groups -OCH3 is 1. The molecule has 2 aromatic heterocycles. The summed E-state index contributed by atoms with van der Waals surface area (Å²) >= 11 is 0. The molecule has 0 aliphatic heterocycles. The third kappa shape index (κ3) is 4.77. The summed E-state index contributed by atoms with van der Waals surface area (Å²) in [7, 11) is 1.58. The molecule has 158 valence electrons. The summed E-state index contributed by atoms with van der Waals surface area (Å²) in [5.74, 6) is 0.746. The highest BCUT2D eigenvalue weighted by Crippen LogP contribution is 2.25. The zero-order chi connectivity index (χ0) is 20.9. The number of aromatic nitrogens is 3. The van der Waals surface area contributed by atoms with Crippen molar-refractivity contribution >= 4 is 23.1 Å². The van der Waals surface area contributed by atoms with Crippen molar-refractivity contribution in [2.24, 2.45) is 5.73 Å². The number of nitrogens with two attached hydrogens (primary N) is 1. The summed E-state index contributed by atoms with van der Waals surface area (Å²) in [4.78, 5) is 16.5. The number of ether oxygens (including phenoxy) is 1. The van der Waals surface area contributed by atoms with Crippen molar-refractivity contribution in [2.45, 2.75) is 44.2 Å². The summed E-state index contributed by atoms with van der Waals surface area (Å²) in [6.07, 6.45) is 6.32. The largest absolute Gasteiger partial charge is 0.384 e. The maximum absolute atomic E-state index is 12.0. The Kier molecular flexibility index (Phi) is 6.25. The van der Waals surface area contributed by atoms with Gasteiger partial charge in [-0.25, -0.2) is 9.50 Å². The molecule has 1 saturated carbocycles. The molecular formula is C22H28N6O2. The molecule has 4 N–H and O–H groups in total. The summed E-state index contributed by atoms with van der Waals surface area (Å²) in [5.41, 5.74) is 9.32. The van der Waals surface area contributed by atoms with Crippen molar-refractivity contribution in [3.8, 4) is 11.3 Å². The van der Waals surface area contributed by atoms with E-state index in [1.807, 2.05) is 40.9 Å². The number of imidazole rings is 1. The predicted octanol–water partition coefficient (Wildman–Crippen LogP) is 3.05. The van der Waals surface area contributed by atoms with E-state index in [4.69, 9.17) is 15.6 Å². The van der Waals surface area contributed by atoms with Gasteiger partial charge in [0.25, 0.3) is 0 Å². The van der Waals surface area contributed by atoms with Crippen LogP contribution in [-0.2, 0) is 9.53 Å². The molecule has 8 heteroatoms. The number of rotatable bonds is 7. The fourth-order valence-corrected chi connectivity index (χ4v) is 3.79. The summed E-state index contributed by atoms with van der Waals surface area (Å²) in [6.45, 7) is 0.394. The van der Waals surface area contributed by atoms with Gasteiger partial charge in [-0.3, -0.25) is 4.79 Å². The Labute approximate surface area is 175 Å². The van der Waals surface area contributed by atoms with Gasteiger partial charge in [0.2, 0.25) is 5.91 Å². The van der Waals surface area contributed by atoms with Crippen LogP contribution >= 0.6 is 0 Å². The van der Waals surface area contributed by atoms with Gasteiger partial charge in [0, 0.05) is 30.4 Å². The van der Waals surface area contributed by atoms with E-state index in [1.54, 1.807) is 13.3 Å². The number of fused-ring (bicyclic) bond motifs is 1. The molecule has 0 radical (unpaired) electrons. The molecule has 0 spiro atoms. The van der Waals surface area contributed by atoms with Crippen molar-refractivity contribution in [2.75, 3.05) is 24.4 Å². The summed E-state index contributed by atoms with van der Waals surface area (Å²) < 4.78 is 6.80. The normalized spacial score (nSPS) is 19.0. The second kappa shape index (κ2) is 9.23. The maximum Gasteiger partial charge on any atom is 0.226 e. The lowest BCUT2D eigenvalue weighted by Crippen LogP contribution is -2.33. The number of nitrogens with one attached hydrogen (secondary N) is 2. The Morgan fingerprint density at radius 1 is 1.23 bits per heavy atom. The molecule has 0 atom stereocenters. The molecule has 1 amide bonds. The van der Waals surface area contributed by atoms with Crippen LogP contribution in [0, 0.1) is 0 Å². The van der Waals surface area contributed by atoms with Crippen LogP contribution in [0.15, 0.2) is 42.6 Å². The molecule has 0 saturated heterocycles. The third-order valence-electron chi connectivity index (χ3n) is 5.46. The highest BCUT2D eigenvalue weighted by molar-refractivity contribution is 5.91. The van der Waals surface area contributed by atoms with E-state index in [9.17, 15) is 4.79 Å². The van der Waals surface area contributed by atoms with Crippen molar-refractivity contribution in [3.05, 3.63) is 42.6 Å². The second-order valence-electron chi connectivity index (χ2n) is 7.76. The summed E-state index contributed by atoms with van der Waals surface area (Å²) in [6, 6.07) is 12.3. The first-order valence-electron chi connectivity index (χ1n) is 10.4. The van der Waals surface area contributed by atoms with E-state index in [2.05, 4.69) is 15.6 Å². The van der Waals surface area contributed by atoms with Crippen LogP contribution in [0.2, 0.25) is 0 Å². The fourth-order valence-electron chi connectivity index (χ4n) is 3.79. The van der Waals surface area contributed by atoms with Gasteiger partial charge in [-0.05, 0) is 49.9 Å². The molecule has 4 rings (SSSR count). The Hall–Kier alpha value is -2.97. The highest BCUT2D eigenvalue weighted by atomic mass is 16.5. The van der Waals surface area contributed by atoms with Gasteiger partial charge in [0.05, 0.1) is 24.9 Å². The van der Waals surface area contributed by atoms with Crippen molar-refractivity contribution in [3.63, 3.8) is 0 Å². The number of hydrogen-bond acceptors (Lipinski definition) is 6. The van der Waals surface area contributed by atoms with Crippen LogP contribution in [-0.4, -0.2) is 46.3 Å². The molecule has 3 aromatic rings. The monoisotopic (exact) mass is 408 g/mol. The van der Waals surface area contributed by atoms with E-state index in [0.29, 0.717) is 25.1 Å². The molecule has 0 unspecified atom stereocenters. The molecule has 1 aliphatic rings. The van der Waals surface area contributed by atoms with Crippen LogP contribution < -0.4 is 16.4 Å². The average Bonchev–Trinajstić information content (AvgIpc) is 3.17. The molecule has 1 aliphatic carbocycles. The molecule has 2 heterocycles. The highest BCUT2D eigenvalue weighted by Gasteiger charge is 2.19. The number of carbonyl (C=O) groups excluding carboxylic acids is 1. The van der Waals surface area contributed by atoms with Gasteiger partial charge in [-0.1, -0.05) is 12.1 Å². The maximum atomic E-state index is 12.0. The van der Waals surface area contributed by atoms with Crippen molar-refractivity contribution in [1.29, 1.82) is 0 Å². The van der Waals surface area contributed by atoms with Crippen molar-refractivity contribution in [1.82, 2.24) is 14.6 Å².